The summed E-state index contributed by atoms with van der Waals surface area (Å²) in [4.78, 5) is 13.9. The van der Waals surface area contributed by atoms with Crippen molar-refractivity contribution in [2.24, 2.45) is 0 Å². The van der Waals surface area contributed by atoms with Crippen LogP contribution in [0, 0.1) is 20.8 Å². The molecule has 0 spiro atoms. The predicted molar refractivity (Wildman–Crippen MR) is 79.9 cm³/mol. The van der Waals surface area contributed by atoms with E-state index in [1.54, 1.807) is 4.90 Å². The molecule has 110 valence electrons. The number of nitrogens with one attached hydrogen (secondary N) is 1. The number of benzene rings is 1. The normalized spacial score (nSPS) is 15.8. The second kappa shape index (κ2) is 6.75. The van der Waals surface area contributed by atoms with Crippen molar-refractivity contribution in [3.8, 4) is 0 Å². The zero-order chi connectivity index (χ0) is 14.5. The highest BCUT2D eigenvalue weighted by molar-refractivity contribution is 5.67. The van der Waals surface area contributed by atoms with Gasteiger partial charge in [0.05, 0.1) is 0 Å². The molecule has 1 aliphatic heterocycles. The predicted octanol–water partition coefficient (Wildman–Crippen LogP) is 2.54. The minimum absolute atomic E-state index is 0.201. The van der Waals surface area contributed by atoms with E-state index in [4.69, 9.17) is 4.74 Å². The molecule has 1 aromatic carbocycles. The molecular formula is C16H24N2O2. The first-order chi connectivity index (χ1) is 9.58. The number of nitrogens with zero attached hydrogens (tertiary/aromatic N) is 1. The fourth-order valence-electron chi connectivity index (χ4n) is 2.69. The van der Waals surface area contributed by atoms with Crippen LogP contribution < -0.4 is 5.32 Å². The van der Waals surface area contributed by atoms with Crippen molar-refractivity contribution < 1.29 is 9.53 Å². The number of carbonyl (C=O) groups excluding carboxylic acids is 1. The standard InChI is InChI=1S/C16H24N2O2/c1-12-9-13(2)15(14(3)10-12)11-20-16(19)18-7-4-5-17-6-8-18/h9-10,17H,4-8,11H2,1-3H3. The molecule has 1 N–H and O–H groups in total. The molecule has 20 heavy (non-hydrogen) atoms. The molecule has 2 rings (SSSR count). The molecule has 0 atom stereocenters. The highest BCUT2D eigenvalue weighted by atomic mass is 16.6. The summed E-state index contributed by atoms with van der Waals surface area (Å²) in [5, 5.41) is 3.28. The van der Waals surface area contributed by atoms with Crippen LogP contribution in [0.5, 0.6) is 0 Å². The van der Waals surface area contributed by atoms with Gasteiger partial charge in [-0.15, -0.1) is 0 Å². The van der Waals surface area contributed by atoms with Gasteiger partial charge < -0.3 is 15.0 Å². The molecule has 0 aliphatic carbocycles. The van der Waals surface area contributed by atoms with E-state index in [0.29, 0.717) is 6.61 Å². The number of hydrogen-bond acceptors (Lipinski definition) is 3. The maximum Gasteiger partial charge on any atom is 0.410 e. The van der Waals surface area contributed by atoms with E-state index in [2.05, 4.69) is 38.2 Å². The molecular weight excluding hydrogens is 252 g/mol. The van der Waals surface area contributed by atoms with E-state index in [9.17, 15) is 4.79 Å². The van der Waals surface area contributed by atoms with Crippen molar-refractivity contribution >= 4 is 6.09 Å². The Bertz CT molecular complexity index is 454. The summed E-state index contributed by atoms with van der Waals surface area (Å²) >= 11 is 0. The highest BCUT2D eigenvalue weighted by Crippen LogP contribution is 2.17. The summed E-state index contributed by atoms with van der Waals surface area (Å²) in [5.41, 5.74) is 4.74. The summed E-state index contributed by atoms with van der Waals surface area (Å²) in [7, 11) is 0. The van der Waals surface area contributed by atoms with E-state index >= 15 is 0 Å². The van der Waals surface area contributed by atoms with E-state index in [1.807, 2.05) is 0 Å². The van der Waals surface area contributed by atoms with Crippen molar-refractivity contribution in [1.82, 2.24) is 10.2 Å². The van der Waals surface area contributed by atoms with Crippen molar-refractivity contribution in [2.45, 2.75) is 33.8 Å². The molecule has 1 fully saturated rings. The van der Waals surface area contributed by atoms with E-state index in [0.717, 1.165) is 38.2 Å². The number of carbonyl (C=O) groups is 1. The lowest BCUT2D eigenvalue weighted by molar-refractivity contribution is 0.0982. The third-order valence-electron chi connectivity index (χ3n) is 3.78. The fraction of sp³-hybridized carbons (Fsp3) is 0.562. The molecule has 0 bridgehead atoms. The van der Waals surface area contributed by atoms with E-state index < -0.39 is 0 Å². The first-order valence-corrected chi connectivity index (χ1v) is 7.27. The summed E-state index contributed by atoms with van der Waals surface area (Å²) in [6, 6.07) is 4.26. The molecule has 1 amide bonds. The monoisotopic (exact) mass is 276 g/mol. The SMILES string of the molecule is Cc1cc(C)c(COC(=O)N2CCCNCC2)c(C)c1. The first-order valence-electron chi connectivity index (χ1n) is 7.27. The Morgan fingerprint density at radius 1 is 1.20 bits per heavy atom. The number of amides is 1. The largest absolute Gasteiger partial charge is 0.445 e. The molecule has 4 heteroatoms. The van der Waals surface area contributed by atoms with Gasteiger partial charge in [0, 0.05) is 19.6 Å². The average Bonchev–Trinajstić information content (AvgIpc) is 2.66. The van der Waals surface area contributed by atoms with Gasteiger partial charge in [-0.3, -0.25) is 0 Å². The van der Waals surface area contributed by atoms with Crippen LogP contribution in [0.1, 0.15) is 28.7 Å². The maximum absolute atomic E-state index is 12.1. The minimum Gasteiger partial charge on any atom is -0.445 e. The van der Waals surface area contributed by atoms with Gasteiger partial charge in [0.25, 0.3) is 0 Å². The summed E-state index contributed by atoms with van der Waals surface area (Å²) < 4.78 is 5.48. The summed E-state index contributed by atoms with van der Waals surface area (Å²) in [6.45, 7) is 9.90. The molecule has 0 unspecified atom stereocenters. The molecule has 1 heterocycles. The lowest BCUT2D eigenvalue weighted by Gasteiger charge is -2.20. The summed E-state index contributed by atoms with van der Waals surface area (Å²) in [5.74, 6) is 0. The lowest BCUT2D eigenvalue weighted by atomic mass is 10.0. The van der Waals surface area contributed by atoms with Crippen molar-refractivity contribution in [1.29, 1.82) is 0 Å². The van der Waals surface area contributed by atoms with E-state index in [-0.39, 0.29) is 6.09 Å². The van der Waals surface area contributed by atoms with Crippen molar-refractivity contribution in [3.63, 3.8) is 0 Å². The average molecular weight is 276 g/mol. The minimum atomic E-state index is -0.201. The van der Waals surface area contributed by atoms with Gasteiger partial charge in [0.15, 0.2) is 0 Å². The van der Waals surface area contributed by atoms with Crippen LogP contribution in [0.15, 0.2) is 12.1 Å². The quantitative estimate of drug-likeness (QED) is 0.902. The van der Waals surface area contributed by atoms with Crippen LogP contribution in [0.3, 0.4) is 0 Å². The number of rotatable bonds is 2. The zero-order valence-corrected chi connectivity index (χ0v) is 12.7. The Morgan fingerprint density at radius 3 is 2.60 bits per heavy atom. The fourth-order valence-corrected chi connectivity index (χ4v) is 2.69. The van der Waals surface area contributed by atoms with Crippen LogP contribution >= 0.6 is 0 Å². The summed E-state index contributed by atoms with van der Waals surface area (Å²) in [6.07, 6.45) is 0.783. The zero-order valence-electron chi connectivity index (χ0n) is 12.7. The second-order valence-corrected chi connectivity index (χ2v) is 5.52. The Morgan fingerprint density at radius 2 is 1.90 bits per heavy atom. The molecule has 0 aromatic heterocycles. The van der Waals surface area contributed by atoms with Gasteiger partial charge >= 0.3 is 6.09 Å². The molecule has 1 saturated heterocycles. The van der Waals surface area contributed by atoms with Crippen LogP contribution in [-0.4, -0.2) is 37.2 Å². The number of aryl methyl sites for hydroxylation is 3. The van der Waals surface area contributed by atoms with Gasteiger partial charge in [-0.25, -0.2) is 4.79 Å². The van der Waals surface area contributed by atoms with Crippen LogP contribution in [0.2, 0.25) is 0 Å². The van der Waals surface area contributed by atoms with E-state index in [1.165, 1.54) is 16.7 Å². The van der Waals surface area contributed by atoms with Gasteiger partial charge in [0.1, 0.15) is 6.61 Å². The Labute approximate surface area is 121 Å². The van der Waals surface area contributed by atoms with Gasteiger partial charge in [-0.05, 0) is 50.4 Å². The molecule has 4 nitrogen and oxygen atoms in total. The Hall–Kier alpha value is -1.55. The second-order valence-electron chi connectivity index (χ2n) is 5.52. The lowest BCUT2D eigenvalue weighted by Crippen LogP contribution is -2.34. The molecule has 0 saturated carbocycles. The van der Waals surface area contributed by atoms with Crippen LogP contribution in [0.25, 0.3) is 0 Å². The number of hydrogen-bond donors (Lipinski definition) is 1. The third kappa shape index (κ3) is 3.73. The van der Waals surface area contributed by atoms with Crippen molar-refractivity contribution in [2.75, 3.05) is 26.2 Å². The van der Waals surface area contributed by atoms with Gasteiger partial charge in [-0.2, -0.15) is 0 Å². The molecule has 1 aliphatic rings. The maximum atomic E-state index is 12.1. The highest BCUT2D eigenvalue weighted by Gasteiger charge is 2.17. The van der Waals surface area contributed by atoms with Gasteiger partial charge in [0.2, 0.25) is 0 Å². The number of ether oxygens (including phenoxy) is 1. The topological polar surface area (TPSA) is 41.6 Å². The van der Waals surface area contributed by atoms with Crippen LogP contribution in [-0.2, 0) is 11.3 Å². The Balaban J connectivity index is 1.96. The molecule has 1 aromatic rings. The molecule has 0 radical (unpaired) electrons. The first kappa shape index (κ1) is 14.9. The van der Waals surface area contributed by atoms with Crippen LogP contribution in [0.4, 0.5) is 4.79 Å². The third-order valence-corrected chi connectivity index (χ3v) is 3.78. The smallest absolute Gasteiger partial charge is 0.410 e. The Kier molecular flexibility index (Phi) is 5.01. The van der Waals surface area contributed by atoms with Gasteiger partial charge in [-0.1, -0.05) is 17.7 Å². The van der Waals surface area contributed by atoms with Crippen molar-refractivity contribution in [3.05, 3.63) is 34.4 Å².